The lowest BCUT2D eigenvalue weighted by atomic mass is 9.84. The van der Waals surface area contributed by atoms with Crippen molar-refractivity contribution in [2.75, 3.05) is 0 Å². The molecule has 0 bridgehead atoms. The van der Waals surface area contributed by atoms with E-state index in [0.29, 0.717) is 12.8 Å². The summed E-state index contributed by atoms with van der Waals surface area (Å²) in [7, 11) is 0. The van der Waals surface area contributed by atoms with E-state index in [1.807, 2.05) is 6.92 Å². The molecule has 0 spiro atoms. The standard InChI is InChI=1S/C14H24ClF3N4O2/c1-7-5-9(3-4-10(7)24-14(16,17)18)20-13(23)22-12-19-8(2)6-11(15)21-12/h7-12,19,21H,3-6H2,1-2H3,(H2,20,22,23). The van der Waals surface area contributed by atoms with Gasteiger partial charge in [-0.2, -0.15) is 0 Å². The van der Waals surface area contributed by atoms with E-state index >= 15 is 0 Å². The van der Waals surface area contributed by atoms with Gasteiger partial charge in [0.2, 0.25) is 0 Å². The van der Waals surface area contributed by atoms with Crippen molar-refractivity contribution in [3.8, 4) is 0 Å². The van der Waals surface area contributed by atoms with E-state index in [9.17, 15) is 18.0 Å². The molecule has 140 valence electrons. The van der Waals surface area contributed by atoms with Crippen LogP contribution in [0.4, 0.5) is 18.0 Å². The third-order valence-corrected chi connectivity index (χ3v) is 4.65. The van der Waals surface area contributed by atoms with Crippen LogP contribution < -0.4 is 21.3 Å². The summed E-state index contributed by atoms with van der Waals surface area (Å²) in [5.41, 5.74) is -0.235. The maximum absolute atomic E-state index is 12.3. The highest BCUT2D eigenvalue weighted by atomic mass is 35.5. The Balaban J connectivity index is 1.75. The molecular weight excluding hydrogens is 349 g/mol. The largest absolute Gasteiger partial charge is 0.522 e. The minimum absolute atomic E-state index is 0.161. The van der Waals surface area contributed by atoms with Crippen molar-refractivity contribution >= 4 is 17.6 Å². The molecule has 6 atom stereocenters. The number of rotatable bonds is 3. The van der Waals surface area contributed by atoms with Gasteiger partial charge in [0.05, 0.1) is 11.6 Å². The topological polar surface area (TPSA) is 74.4 Å². The Morgan fingerprint density at radius 3 is 2.46 bits per heavy atom. The number of urea groups is 1. The van der Waals surface area contributed by atoms with Crippen LogP contribution in [0.2, 0.25) is 0 Å². The predicted octanol–water partition coefficient (Wildman–Crippen LogP) is 2.20. The maximum atomic E-state index is 12.3. The summed E-state index contributed by atoms with van der Waals surface area (Å²) in [6, 6.07) is -0.403. The Kier molecular flexibility index (Phi) is 6.58. The molecule has 6 nitrogen and oxygen atoms in total. The van der Waals surface area contributed by atoms with Crippen molar-refractivity contribution in [1.82, 2.24) is 21.3 Å². The monoisotopic (exact) mass is 372 g/mol. The number of carbonyl (C=O) groups excluding carboxylic acids is 1. The predicted molar refractivity (Wildman–Crippen MR) is 83.2 cm³/mol. The van der Waals surface area contributed by atoms with E-state index in [1.54, 1.807) is 6.92 Å². The summed E-state index contributed by atoms with van der Waals surface area (Å²) < 4.78 is 41.1. The fourth-order valence-electron chi connectivity index (χ4n) is 3.25. The molecule has 2 amide bonds. The fourth-order valence-corrected chi connectivity index (χ4v) is 3.64. The summed E-state index contributed by atoms with van der Waals surface area (Å²) >= 11 is 6.04. The molecule has 2 fully saturated rings. The molecule has 2 rings (SSSR count). The van der Waals surface area contributed by atoms with Gasteiger partial charge in [-0.05, 0) is 38.5 Å². The van der Waals surface area contributed by atoms with E-state index in [1.165, 1.54) is 0 Å². The Labute approximate surface area is 144 Å². The highest BCUT2D eigenvalue weighted by Gasteiger charge is 2.38. The van der Waals surface area contributed by atoms with Crippen molar-refractivity contribution in [2.45, 2.75) is 75.9 Å². The zero-order valence-corrected chi connectivity index (χ0v) is 14.4. The number of hydrogen-bond donors (Lipinski definition) is 4. The maximum Gasteiger partial charge on any atom is 0.522 e. The molecule has 0 aromatic heterocycles. The van der Waals surface area contributed by atoms with Gasteiger partial charge in [0, 0.05) is 12.1 Å². The van der Waals surface area contributed by atoms with Crippen molar-refractivity contribution in [1.29, 1.82) is 0 Å². The zero-order valence-electron chi connectivity index (χ0n) is 13.6. The first-order chi connectivity index (χ1) is 11.1. The molecule has 6 unspecified atom stereocenters. The van der Waals surface area contributed by atoms with E-state index in [2.05, 4.69) is 26.0 Å². The molecule has 1 saturated heterocycles. The first kappa shape index (κ1) is 19.6. The quantitative estimate of drug-likeness (QED) is 0.452. The highest BCUT2D eigenvalue weighted by Crippen LogP contribution is 2.31. The molecule has 0 aromatic carbocycles. The number of amides is 2. The van der Waals surface area contributed by atoms with Crippen LogP contribution in [0.1, 0.15) is 39.5 Å². The van der Waals surface area contributed by atoms with Crippen molar-refractivity contribution < 1.29 is 22.7 Å². The van der Waals surface area contributed by atoms with Crippen molar-refractivity contribution in [3.05, 3.63) is 0 Å². The average molecular weight is 373 g/mol. The second-order valence-electron chi connectivity index (χ2n) is 6.58. The minimum atomic E-state index is -4.62. The first-order valence-corrected chi connectivity index (χ1v) is 8.54. The molecule has 2 aliphatic rings. The van der Waals surface area contributed by atoms with E-state index in [-0.39, 0.29) is 36.0 Å². The van der Waals surface area contributed by atoms with Crippen LogP contribution >= 0.6 is 11.6 Å². The summed E-state index contributed by atoms with van der Waals surface area (Å²) in [5.74, 6) is -0.288. The van der Waals surface area contributed by atoms with Crippen molar-refractivity contribution in [3.63, 3.8) is 0 Å². The van der Waals surface area contributed by atoms with Gasteiger partial charge < -0.3 is 10.6 Å². The Hall–Kier alpha value is -0.770. The number of halogens is 4. The molecule has 1 aliphatic carbocycles. The second kappa shape index (κ2) is 8.07. The number of alkyl halides is 4. The zero-order chi connectivity index (χ0) is 17.9. The van der Waals surface area contributed by atoms with Crippen LogP contribution in [-0.4, -0.2) is 42.4 Å². The van der Waals surface area contributed by atoms with Gasteiger partial charge in [-0.1, -0.05) is 6.92 Å². The van der Waals surface area contributed by atoms with E-state index in [0.717, 1.165) is 6.42 Å². The van der Waals surface area contributed by atoms with Gasteiger partial charge in [-0.25, -0.2) is 4.79 Å². The Morgan fingerprint density at radius 2 is 1.88 bits per heavy atom. The van der Waals surface area contributed by atoms with Crippen LogP contribution in [0.3, 0.4) is 0 Å². The normalized spacial score (nSPS) is 37.8. The first-order valence-electron chi connectivity index (χ1n) is 8.10. The van der Waals surface area contributed by atoms with Crippen LogP contribution in [0, 0.1) is 5.92 Å². The number of hydrogen-bond acceptors (Lipinski definition) is 4. The molecule has 0 radical (unpaired) electrons. The molecule has 4 N–H and O–H groups in total. The fraction of sp³-hybridized carbons (Fsp3) is 0.929. The average Bonchev–Trinajstić information content (AvgIpc) is 2.39. The molecule has 10 heteroatoms. The van der Waals surface area contributed by atoms with Crippen molar-refractivity contribution in [2.24, 2.45) is 5.92 Å². The third kappa shape index (κ3) is 6.27. The summed E-state index contributed by atoms with van der Waals surface area (Å²) in [4.78, 5) is 12.1. The number of ether oxygens (including phenoxy) is 1. The lowest BCUT2D eigenvalue weighted by Gasteiger charge is -2.36. The smallest absolute Gasteiger partial charge is 0.335 e. The van der Waals surface area contributed by atoms with Crippen LogP contribution in [0.25, 0.3) is 0 Å². The molecule has 1 heterocycles. The Bertz CT molecular complexity index is 431. The van der Waals surface area contributed by atoms with Gasteiger partial charge in [0.15, 0.2) is 0 Å². The Morgan fingerprint density at radius 1 is 1.17 bits per heavy atom. The number of carbonyl (C=O) groups is 1. The highest BCUT2D eigenvalue weighted by molar-refractivity contribution is 6.20. The lowest BCUT2D eigenvalue weighted by Crippen LogP contribution is -2.65. The molecule has 0 aromatic rings. The molecule has 1 saturated carbocycles. The molecule has 24 heavy (non-hydrogen) atoms. The van der Waals surface area contributed by atoms with Gasteiger partial charge in [0.25, 0.3) is 0 Å². The van der Waals surface area contributed by atoms with Gasteiger partial charge in [0.1, 0.15) is 6.29 Å². The number of nitrogens with one attached hydrogen (secondary N) is 4. The van der Waals surface area contributed by atoms with E-state index < -0.39 is 18.8 Å². The summed E-state index contributed by atoms with van der Waals surface area (Å²) in [5, 5.41) is 11.7. The lowest BCUT2D eigenvalue weighted by molar-refractivity contribution is -0.350. The van der Waals surface area contributed by atoms with Crippen LogP contribution in [0.15, 0.2) is 0 Å². The van der Waals surface area contributed by atoms with Gasteiger partial charge in [-0.3, -0.25) is 15.4 Å². The van der Waals surface area contributed by atoms with E-state index in [4.69, 9.17) is 11.6 Å². The van der Waals surface area contributed by atoms with Crippen LogP contribution in [0.5, 0.6) is 0 Å². The second-order valence-corrected chi connectivity index (χ2v) is 7.10. The molecular formula is C14H24ClF3N4O2. The molecule has 1 aliphatic heterocycles. The minimum Gasteiger partial charge on any atom is -0.335 e. The third-order valence-electron chi connectivity index (χ3n) is 4.35. The summed E-state index contributed by atoms with van der Waals surface area (Å²) in [6.45, 7) is 3.67. The van der Waals surface area contributed by atoms with Gasteiger partial charge in [-0.15, -0.1) is 24.8 Å². The van der Waals surface area contributed by atoms with Gasteiger partial charge >= 0.3 is 12.4 Å². The summed E-state index contributed by atoms with van der Waals surface area (Å²) in [6.07, 6.45) is -4.05. The SMILES string of the molecule is CC1CC(Cl)NC(NC(=O)NC2CCC(OC(F)(F)F)C(C)C2)N1. The van der Waals surface area contributed by atoms with Crippen LogP contribution in [-0.2, 0) is 4.74 Å².